The number of nitrogens with one attached hydrogen (secondary N) is 1. The summed E-state index contributed by atoms with van der Waals surface area (Å²) >= 11 is 0. The van der Waals surface area contributed by atoms with Crippen molar-refractivity contribution in [2.45, 2.75) is 31.7 Å². The van der Waals surface area contributed by atoms with Gasteiger partial charge in [-0.05, 0) is 12.8 Å². The maximum atomic E-state index is 11.6. The average molecular weight is 340 g/mol. The molecule has 0 aliphatic heterocycles. The summed E-state index contributed by atoms with van der Waals surface area (Å²) in [5, 5.41) is 20.2. The summed E-state index contributed by atoms with van der Waals surface area (Å²) in [5.41, 5.74) is 0.626. The number of anilines is 1. The van der Waals surface area contributed by atoms with Gasteiger partial charge in [0.1, 0.15) is 0 Å². The Morgan fingerprint density at radius 1 is 1.20 bits per heavy atom. The Bertz CT molecular complexity index is 883. The monoisotopic (exact) mass is 340 g/mol. The second-order valence-electron chi connectivity index (χ2n) is 5.94. The molecule has 8 nitrogen and oxygen atoms in total. The zero-order valence-corrected chi connectivity index (χ0v) is 13.3. The zero-order chi connectivity index (χ0) is 17.2. The third-order valence-corrected chi connectivity index (χ3v) is 4.29. The standard InChI is InChI=1S/C17H16N4O4/c22-17(23)13-14(10-5-2-1-3-6-10)24-21-15(13)18-9-12-19-16(25-20-12)11-7-4-8-11/h1-3,5-6,11H,4,7-9H2,(H,18,21)(H,22,23). The van der Waals surface area contributed by atoms with Crippen LogP contribution in [0, 0.1) is 0 Å². The van der Waals surface area contributed by atoms with Crippen molar-refractivity contribution in [3.8, 4) is 11.3 Å². The van der Waals surface area contributed by atoms with Crippen LogP contribution in [0.4, 0.5) is 5.82 Å². The Hall–Kier alpha value is -3.16. The Morgan fingerprint density at radius 2 is 2.00 bits per heavy atom. The van der Waals surface area contributed by atoms with Gasteiger partial charge in [0.2, 0.25) is 5.89 Å². The first-order valence-electron chi connectivity index (χ1n) is 8.07. The number of carboxylic acids is 1. The van der Waals surface area contributed by atoms with Crippen molar-refractivity contribution in [3.05, 3.63) is 47.6 Å². The molecule has 2 aromatic heterocycles. The predicted molar refractivity (Wildman–Crippen MR) is 87.1 cm³/mol. The fourth-order valence-corrected chi connectivity index (χ4v) is 2.72. The van der Waals surface area contributed by atoms with Gasteiger partial charge in [0.15, 0.2) is 23.0 Å². The first-order chi connectivity index (χ1) is 12.2. The van der Waals surface area contributed by atoms with Crippen molar-refractivity contribution >= 4 is 11.8 Å². The summed E-state index contributed by atoms with van der Waals surface area (Å²) in [6, 6.07) is 8.98. The van der Waals surface area contributed by atoms with Gasteiger partial charge in [0.05, 0.1) is 6.54 Å². The van der Waals surface area contributed by atoms with Crippen LogP contribution in [0.2, 0.25) is 0 Å². The van der Waals surface area contributed by atoms with Crippen molar-refractivity contribution < 1.29 is 18.9 Å². The number of aromatic carboxylic acids is 1. The van der Waals surface area contributed by atoms with E-state index in [1.807, 2.05) is 6.07 Å². The molecule has 0 saturated heterocycles. The van der Waals surface area contributed by atoms with Crippen LogP contribution in [0.15, 0.2) is 39.4 Å². The van der Waals surface area contributed by atoms with E-state index in [2.05, 4.69) is 20.6 Å². The van der Waals surface area contributed by atoms with Crippen LogP contribution in [0.25, 0.3) is 11.3 Å². The van der Waals surface area contributed by atoms with Crippen LogP contribution < -0.4 is 5.32 Å². The number of hydrogen-bond acceptors (Lipinski definition) is 7. The molecule has 2 N–H and O–H groups in total. The van der Waals surface area contributed by atoms with Crippen molar-refractivity contribution in [1.29, 1.82) is 0 Å². The number of benzene rings is 1. The maximum Gasteiger partial charge on any atom is 0.343 e. The second-order valence-corrected chi connectivity index (χ2v) is 5.94. The van der Waals surface area contributed by atoms with Crippen LogP contribution in [-0.4, -0.2) is 26.4 Å². The number of hydrogen-bond donors (Lipinski definition) is 2. The molecule has 0 radical (unpaired) electrons. The molecule has 1 aliphatic rings. The molecule has 0 unspecified atom stereocenters. The molecule has 1 aliphatic carbocycles. The number of rotatable bonds is 6. The summed E-state index contributed by atoms with van der Waals surface area (Å²) in [6.45, 7) is 0.206. The lowest BCUT2D eigenvalue weighted by Gasteiger charge is -2.20. The predicted octanol–water partition coefficient (Wildman–Crippen LogP) is 3.30. The molecule has 1 saturated carbocycles. The first-order valence-corrected chi connectivity index (χ1v) is 8.07. The topological polar surface area (TPSA) is 114 Å². The van der Waals surface area contributed by atoms with E-state index in [0.29, 0.717) is 23.2 Å². The highest BCUT2D eigenvalue weighted by Gasteiger charge is 2.26. The van der Waals surface area contributed by atoms with E-state index >= 15 is 0 Å². The number of aromatic nitrogens is 3. The third kappa shape index (κ3) is 2.98. The minimum Gasteiger partial charge on any atom is -0.477 e. The number of carboxylic acid groups (broad SMARTS) is 1. The van der Waals surface area contributed by atoms with E-state index < -0.39 is 5.97 Å². The molecule has 0 spiro atoms. The summed E-state index contributed by atoms with van der Waals surface area (Å²) in [6.07, 6.45) is 3.33. The van der Waals surface area contributed by atoms with E-state index in [1.165, 1.54) is 6.42 Å². The largest absolute Gasteiger partial charge is 0.477 e. The Labute approximate surface area is 142 Å². The van der Waals surface area contributed by atoms with Crippen molar-refractivity contribution in [2.75, 3.05) is 5.32 Å². The van der Waals surface area contributed by atoms with Crippen LogP contribution >= 0.6 is 0 Å². The van der Waals surface area contributed by atoms with E-state index in [-0.39, 0.29) is 23.7 Å². The van der Waals surface area contributed by atoms with Crippen molar-refractivity contribution in [2.24, 2.45) is 0 Å². The first kappa shape index (κ1) is 15.4. The minimum atomic E-state index is -1.12. The van der Waals surface area contributed by atoms with E-state index in [9.17, 15) is 9.90 Å². The van der Waals surface area contributed by atoms with E-state index in [4.69, 9.17) is 9.05 Å². The highest BCUT2D eigenvalue weighted by atomic mass is 16.5. The van der Waals surface area contributed by atoms with Gasteiger partial charge < -0.3 is 19.5 Å². The van der Waals surface area contributed by atoms with Gasteiger partial charge in [0, 0.05) is 11.5 Å². The lowest BCUT2D eigenvalue weighted by Crippen LogP contribution is -2.10. The molecule has 0 amide bonds. The smallest absolute Gasteiger partial charge is 0.343 e. The van der Waals surface area contributed by atoms with Gasteiger partial charge in [-0.15, -0.1) is 0 Å². The van der Waals surface area contributed by atoms with Crippen LogP contribution in [0.1, 0.15) is 47.3 Å². The van der Waals surface area contributed by atoms with Crippen molar-refractivity contribution in [3.63, 3.8) is 0 Å². The van der Waals surface area contributed by atoms with Gasteiger partial charge in [-0.1, -0.05) is 47.1 Å². The summed E-state index contributed by atoms with van der Waals surface area (Å²) in [7, 11) is 0. The molecule has 128 valence electrons. The fourth-order valence-electron chi connectivity index (χ4n) is 2.72. The average Bonchev–Trinajstić information content (AvgIpc) is 3.19. The molecule has 1 fully saturated rings. The van der Waals surface area contributed by atoms with Gasteiger partial charge in [-0.25, -0.2) is 4.79 Å². The van der Waals surface area contributed by atoms with Crippen LogP contribution in [0.5, 0.6) is 0 Å². The lowest BCUT2D eigenvalue weighted by molar-refractivity contribution is 0.0698. The summed E-state index contributed by atoms with van der Waals surface area (Å²) in [4.78, 5) is 16.0. The van der Waals surface area contributed by atoms with Gasteiger partial charge in [0.25, 0.3) is 0 Å². The highest BCUT2D eigenvalue weighted by Crippen LogP contribution is 2.35. The molecular weight excluding hydrogens is 324 g/mol. The zero-order valence-electron chi connectivity index (χ0n) is 13.3. The van der Waals surface area contributed by atoms with Crippen LogP contribution in [-0.2, 0) is 6.54 Å². The molecule has 1 aromatic carbocycles. The third-order valence-electron chi connectivity index (χ3n) is 4.29. The Balaban J connectivity index is 1.53. The molecule has 0 atom stereocenters. The molecule has 3 aromatic rings. The molecule has 2 heterocycles. The fraction of sp³-hybridized carbons (Fsp3) is 0.294. The second kappa shape index (κ2) is 6.39. The molecule has 25 heavy (non-hydrogen) atoms. The molecular formula is C17H16N4O4. The molecule has 8 heteroatoms. The normalized spacial score (nSPS) is 14.2. The van der Waals surface area contributed by atoms with Gasteiger partial charge >= 0.3 is 5.97 Å². The quantitative estimate of drug-likeness (QED) is 0.702. The van der Waals surface area contributed by atoms with E-state index in [1.54, 1.807) is 24.3 Å². The maximum absolute atomic E-state index is 11.6. The Kier molecular flexibility index (Phi) is 3.93. The minimum absolute atomic E-state index is 0.0195. The number of carbonyl (C=O) groups is 1. The van der Waals surface area contributed by atoms with Crippen molar-refractivity contribution in [1.82, 2.24) is 15.3 Å². The highest BCUT2D eigenvalue weighted by molar-refractivity contribution is 5.99. The summed E-state index contributed by atoms with van der Waals surface area (Å²) in [5.74, 6) is 0.688. The van der Waals surface area contributed by atoms with E-state index in [0.717, 1.165) is 12.8 Å². The number of nitrogens with zero attached hydrogens (tertiary/aromatic N) is 3. The Morgan fingerprint density at radius 3 is 2.68 bits per heavy atom. The lowest BCUT2D eigenvalue weighted by atomic mass is 9.85. The van der Waals surface area contributed by atoms with Gasteiger partial charge in [-0.2, -0.15) is 4.98 Å². The van der Waals surface area contributed by atoms with Crippen LogP contribution in [0.3, 0.4) is 0 Å². The molecule has 0 bridgehead atoms. The molecule has 4 rings (SSSR count). The van der Waals surface area contributed by atoms with Gasteiger partial charge in [-0.3, -0.25) is 0 Å². The summed E-state index contributed by atoms with van der Waals surface area (Å²) < 4.78 is 10.5. The SMILES string of the molecule is O=C(O)c1c(NCc2noc(C3CCC3)n2)noc1-c1ccccc1.